The molecule has 1 aliphatic heterocycles. The fourth-order valence-electron chi connectivity index (χ4n) is 3.25. The lowest BCUT2D eigenvalue weighted by Crippen LogP contribution is -2.38. The van der Waals surface area contributed by atoms with E-state index in [-0.39, 0.29) is 10.8 Å². The van der Waals surface area contributed by atoms with E-state index in [1.54, 1.807) is 13.2 Å². The SMILES string of the molecule is COc1ccccc1CC1CCN(C(=O)c2ccc(C(=O)O)s2)CC1. The molecule has 1 aromatic heterocycles. The molecule has 0 bridgehead atoms. The van der Waals surface area contributed by atoms with Gasteiger partial charge in [0.15, 0.2) is 0 Å². The molecule has 0 radical (unpaired) electrons. The van der Waals surface area contributed by atoms with Gasteiger partial charge in [0.05, 0.1) is 12.0 Å². The van der Waals surface area contributed by atoms with Crippen LogP contribution in [0.25, 0.3) is 0 Å². The molecule has 1 amide bonds. The molecule has 0 atom stereocenters. The summed E-state index contributed by atoms with van der Waals surface area (Å²) in [5, 5.41) is 8.98. The number of ether oxygens (including phenoxy) is 1. The monoisotopic (exact) mass is 359 g/mol. The van der Waals surface area contributed by atoms with Crippen molar-refractivity contribution < 1.29 is 19.4 Å². The van der Waals surface area contributed by atoms with Crippen LogP contribution < -0.4 is 4.74 Å². The Labute approximate surface area is 150 Å². The number of carboxylic acid groups (broad SMARTS) is 1. The fourth-order valence-corrected chi connectivity index (χ4v) is 4.06. The lowest BCUT2D eigenvalue weighted by atomic mass is 9.90. The molecule has 3 rings (SSSR count). The third-order valence-corrected chi connectivity index (χ3v) is 5.69. The van der Waals surface area contributed by atoms with Crippen LogP contribution in [0.15, 0.2) is 36.4 Å². The van der Waals surface area contributed by atoms with Gasteiger partial charge in [-0.3, -0.25) is 4.79 Å². The van der Waals surface area contributed by atoms with Crippen LogP contribution in [-0.4, -0.2) is 42.1 Å². The minimum absolute atomic E-state index is 0.0618. The largest absolute Gasteiger partial charge is 0.496 e. The Hall–Kier alpha value is -2.34. The van der Waals surface area contributed by atoms with Gasteiger partial charge in [-0.15, -0.1) is 11.3 Å². The van der Waals surface area contributed by atoms with Crippen LogP contribution >= 0.6 is 11.3 Å². The second-order valence-corrected chi connectivity index (χ2v) is 7.30. The normalized spacial score (nSPS) is 15.2. The highest BCUT2D eigenvalue weighted by Crippen LogP contribution is 2.28. The summed E-state index contributed by atoms with van der Waals surface area (Å²) in [6, 6.07) is 11.2. The van der Waals surface area contributed by atoms with Crippen molar-refractivity contribution >= 4 is 23.2 Å². The summed E-state index contributed by atoms with van der Waals surface area (Å²) in [6.45, 7) is 1.41. The summed E-state index contributed by atoms with van der Waals surface area (Å²) in [7, 11) is 1.69. The number of rotatable bonds is 5. The van der Waals surface area contributed by atoms with Gasteiger partial charge in [-0.2, -0.15) is 0 Å². The van der Waals surface area contributed by atoms with E-state index in [1.807, 2.05) is 23.1 Å². The highest BCUT2D eigenvalue weighted by Gasteiger charge is 2.25. The van der Waals surface area contributed by atoms with E-state index in [0.717, 1.165) is 36.3 Å². The molecule has 1 saturated heterocycles. The minimum atomic E-state index is -0.987. The number of amides is 1. The van der Waals surface area contributed by atoms with Crippen molar-refractivity contribution in [1.82, 2.24) is 4.90 Å². The van der Waals surface area contributed by atoms with E-state index in [4.69, 9.17) is 9.84 Å². The molecule has 1 aliphatic rings. The first-order valence-corrected chi connectivity index (χ1v) is 9.14. The molecular weight excluding hydrogens is 338 g/mol. The number of methoxy groups -OCH3 is 1. The maximum Gasteiger partial charge on any atom is 0.345 e. The Bertz CT molecular complexity index is 762. The molecule has 0 unspecified atom stereocenters. The van der Waals surface area contributed by atoms with Crippen LogP contribution in [0, 0.1) is 5.92 Å². The molecular formula is C19H21NO4S. The highest BCUT2D eigenvalue weighted by molar-refractivity contribution is 7.15. The van der Waals surface area contributed by atoms with Crippen molar-refractivity contribution in [2.45, 2.75) is 19.3 Å². The van der Waals surface area contributed by atoms with Crippen LogP contribution in [0.4, 0.5) is 0 Å². The third-order valence-electron chi connectivity index (χ3n) is 4.63. The summed E-state index contributed by atoms with van der Waals surface area (Å²) in [5.74, 6) is 0.395. The lowest BCUT2D eigenvalue weighted by Gasteiger charge is -2.32. The van der Waals surface area contributed by atoms with E-state index < -0.39 is 5.97 Å². The van der Waals surface area contributed by atoms with Crippen LogP contribution in [-0.2, 0) is 6.42 Å². The van der Waals surface area contributed by atoms with Gasteiger partial charge in [-0.25, -0.2) is 4.79 Å². The number of benzene rings is 1. The number of likely N-dealkylation sites (tertiary alicyclic amines) is 1. The van der Waals surface area contributed by atoms with Crippen molar-refractivity contribution in [3.8, 4) is 5.75 Å². The number of aromatic carboxylic acids is 1. The number of hydrogen-bond acceptors (Lipinski definition) is 4. The molecule has 2 heterocycles. The van der Waals surface area contributed by atoms with E-state index in [9.17, 15) is 9.59 Å². The van der Waals surface area contributed by atoms with E-state index in [1.165, 1.54) is 11.6 Å². The number of thiophene rings is 1. The highest BCUT2D eigenvalue weighted by atomic mass is 32.1. The molecule has 5 nitrogen and oxygen atoms in total. The standard InChI is InChI=1S/C19H21NO4S/c1-24-15-5-3-2-4-14(15)12-13-8-10-20(11-9-13)18(21)16-6-7-17(25-16)19(22)23/h2-7,13H,8-12H2,1H3,(H,22,23). The van der Waals surface area contributed by atoms with E-state index in [2.05, 4.69) is 6.07 Å². The van der Waals surface area contributed by atoms with Crippen LogP contribution in [0.2, 0.25) is 0 Å². The lowest BCUT2D eigenvalue weighted by molar-refractivity contribution is 0.0690. The van der Waals surface area contributed by atoms with Crippen molar-refractivity contribution in [3.63, 3.8) is 0 Å². The zero-order valence-corrected chi connectivity index (χ0v) is 14.9. The number of hydrogen-bond donors (Lipinski definition) is 1. The van der Waals surface area contributed by atoms with Crippen LogP contribution in [0.5, 0.6) is 5.75 Å². The molecule has 6 heteroatoms. The predicted molar refractivity (Wildman–Crippen MR) is 96.6 cm³/mol. The molecule has 25 heavy (non-hydrogen) atoms. The molecule has 0 aliphatic carbocycles. The Morgan fingerprint density at radius 3 is 2.48 bits per heavy atom. The van der Waals surface area contributed by atoms with Gasteiger partial charge in [0.2, 0.25) is 0 Å². The Morgan fingerprint density at radius 2 is 1.84 bits per heavy atom. The summed E-state index contributed by atoms with van der Waals surface area (Å²) in [6.07, 6.45) is 2.84. The average molecular weight is 359 g/mol. The maximum absolute atomic E-state index is 12.5. The second kappa shape index (κ2) is 7.70. The molecule has 1 fully saturated rings. The smallest absolute Gasteiger partial charge is 0.345 e. The maximum atomic E-state index is 12.5. The summed E-state index contributed by atoms with van der Waals surface area (Å²) in [5.41, 5.74) is 1.21. The topological polar surface area (TPSA) is 66.8 Å². The zero-order chi connectivity index (χ0) is 17.8. The second-order valence-electron chi connectivity index (χ2n) is 6.22. The quantitative estimate of drug-likeness (QED) is 0.886. The van der Waals surface area contributed by atoms with Gasteiger partial charge in [0, 0.05) is 13.1 Å². The number of carboxylic acids is 1. The van der Waals surface area contributed by atoms with Crippen molar-refractivity contribution in [1.29, 1.82) is 0 Å². The Balaban J connectivity index is 1.57. The third kappa shape index (κ3) is 4.02. The minimum Gasteiger partial charge on any atom is -0.496 e. The van der Waals surface area contributed by atoms with Crippen molar-refractivity contribution in [2.75, 3.05) is 20.2 Å². The Morgan fingerprint density at radius 1 is 1.16 bits per heavy atom. The average Bonchev–Trinajstić information content (AvgIpc) is 3.13. The molecule has 2 aromatic rings. The molecule has 0 spiro atoms. The van der Waals surface area contributed by atoms with Gasteiger partial charge in [-0.05, 0) is 48.9 Å². The van der Waals surface area contributed by atoms with Crippen molar-refractivity contribution in [2.24, 2.45) is 5.92 Å². The van der Waals surface area contributed by atoms with E-state index in [0.29, 0.717) is 23.9 Å². The first kappa shape index (κ1) is 17.5. The summed E-state index contributed by atoms with van der Waals surface area (Å²) < 4.78 is 5.41. The number of carbonyl (C=O) groups excluding carboxylic acids is 1. The van der Waals surface area contributed by atoms with E-state index >= 15 is 0 Å². The van der Waals surface area contributed by atoms with Crippen LogP contribution in [0.3, 0.4) is 0 Å². The number of piperidine rings is 1. The zero-order valence-electron chi connectivity index (χ0n) is 14.1. The molecule has 132 valence electrons. The fraction of sp³-hybridized carbons (Fsp3) is 0.368. The van der Waals surface area contributed by atoms with Gasteiger partial charge < -0.3 is 14.7 Å². The van der Waals surface area contributed by atoms with Crippen molar-refractivity contribution in [3.05, 3.63) is 51.7 Å². The number of nitrogens with zero attached hydrogens (tertiary/aromatic N) is 1. The first-order valence-electron chi connectivity index (χ1n) is 8.32. The Kier molecular flexibility index (Phi) is 5.38. The summed E-state index contributed by atoms with van der Waals surface area (Å²) >= 11 is 1.04. The van der Waals surface area contributed by atoms with Gasteiger partial charge in [0.25, 0.3) is 5.91 Å². The number of carbonyl (C=O) groups is 2. The predicted octanol–water partition coefficient (Wildman–Crippen LogP) is 3.55. The van der Waals surface area contributed by atoms with Gasteiger partial charge >= 0.3 is 5.97 Å². The van der Waals surface area contributed by atoms with Gasteiger partial charge in [-0.1, -0.05) is 18.2 Å². The van der Waals surface area contributed by atoms with Gasteiger partial charge in [0.1, 0.15) is 10.6 Å². The molecule has 0 saturated carbocycles. The number of para-hydroxylation sites is 1. The van der Waals surface area contributed by atoms with Crippen LogP contribution in [0.1, 0.15) is 37.7 Å². The molecule has 1 aromatic carbocycles. The summed E-state index contributed by atoms with van der Waals surface area (Å²) in [4.78, 5) is 26.0. The first-order chi connectivity index (χ1) is 12.1. The molecule has 1 N–H and O–H groups in total.